The monoisotopic (exact) mass is 302 g/mol. The van der Waals surface area contributed by atoms with Crippen LogP contribution in [-0.4, -0.2) is 10.5 Å². The summed E-state index contributed by atoms with van der Waals surface area (Å²) in [5.41, 5.74) is 4.47. The first-order chi connectivity index (χ1) is 11.1. The molecule has 2 aromatic carbocycles. The van der Waals surface area contributed by atoms with Gasteiger partial charge in [0, 0.05) is 28.7 Å². The molecule has 0 N–H and O–H groups in total. The molecule has 3 aromatic rings. The molecule has 0 atom stereocenters. The van der Waals surface area contributed by atoms with E-state index in [0.29, 0.717) is 0 Å². The van der Waals surface area contributed by atoms with Crippen molar-refractivity contribution < 1.29 is 0 Å². The van der Waals surface area contributed by atoms with Crippen molar-refractivity contribution in [1.29, 1.82) is 0 Å². The van der Waals surface area contributed by atoms with Crippen LogP contribution in [0.1, 0.15) is 20.8 Å². The Morgan fingerprint density at radius 3 is 2.09 bits per heavy atom. The molecule has 2 nitrogen and oxygen atoms in total. The minimum absolute atomic E-state index is 0.0237. The summed E-state index contributed by atoms with van der Waals surface area (Å²) in [4.78, 5) is 6.83. The van der Waals surface area contributed by atoms with Gasteiger partial charge in [-0.2, -0.15) is 0 Å². The van der Waals surface area contributed by atoms with E-state index in [0.717, 1.165) is 11.3 Å². The Hall–Kier alpha value is -2.61. The smallest absolute Gasteiger partial charge is 0.0702 e. The molecule has 0 saturated carbocycles. The summed E-state index contributed by atoms with van der Waals surface area (Å²) in [6.45, 7) is 6.69. The Kier molecular flexibility index (Phi) is 4.16. The lowest BCUT2D eigenvalue weighted by atomic mass is 10.0. The van der Waals surface area contributed by atoms with E-state index in [1.165, 1.54) is 11.4 Å². The van der Waals surface area contributed by atoms with E-state index in [-0.39, 0.29) is 5.54 Å². The van der Waals surface area contributed by atoms with Crippen molar-refractivity contribution in [3.8, 4) is 11.3 Å². The Morgan fingerprint density at radius 2 is 1.43 bits per heavy atom. The second-order valence-electron chi connectivity index (χ2n) is 6.61. The van der Waals surface area contributed by atoms with Crippen LogP contribution in [0.2, 0.25) is 0 Å². The van der Waals surface area contributed by atoms with Gasteiger partial charge in [0.15, 0.2) is 0 Å². The van der Waals surface area contributed by atoms with E-state index < -0.39 is 0 Å². The van der Waals surface area contributed by atoms with Crippen molar-refractivity contribution in [2.45, 2.75) is 26.3 Å². The molecule has 0 aliphatic heterocycles. The van der Waals surface area contributed by atoms with E-state index in [9.17, 15) is 0 Å². The summed E-state index contributed by atoms with van der Waals surface area (Å²) in [5.74, 6) is 0. The van der Waals surface area contributed by atoms with Crippen molar-refractivity contribution in [3.05, 3.63) is 79.0 Å². The molecule has 1 heterocycles. The number of hydrogen-bond donors (Lipinski definition) is 0. The summed E-state index contributed by atoms with van der Waals surface area (Å²) in [7, 11) is 0. The third-order valence-electron chi connectivity index (χ3n) is 3.75. The maximum Gasteiger partial charge on any atom is 0.0702 e. The second kappa shape index (κ2) is 6.25. The number of aromatic nitrogens is 1. The van der Waals surface area contributed by atoms with E-state index in [1.807, 2.05) is 24.4 Å². The SMILES string of the molecule is CC(C)(C)N(c1ccccc1)c1cccc(-c2ccccn2)c1. The molecule has 2 heteroatoms. The van der Waals surface area contributed by atoms with E-state index in [1.54, 1.807) is 0 Å². The third-order valence-corrected chi connectivity index (χ3v) is 3.75. The number of rotatable bonds is 3. The number of pyridine rings is 1. The molecule has 0 aliphatic rings. The summed E-state index contributed by atoms with van der Waals surface area (Å²) >= 11 is 0. The molecule has 3 rings (SSSR count). The fraction of sp³-hybridized carbons (Fsp3) is 0.190. The molecule has 23 heavy (non-hydrogen) atoms. The number of nitrogens with zero attached hydrogens (tertiary/aromatic N) is 2. The maximum atomic E-state index is 4.47. The quantitative estimate of drug-likeness (QED) is 0.618. The van der Waals surface area contributed by atoms with Gasteiger partial charge in [-0.15, -0.1) is 0 Å². The first-order valence-electron chi connectivity index (χ1n) is 7.92. The van der Waals surface area contributed by atoms with Crippen LogP contribution >= 0.6 is 0 Å². The van der Waals surface area contributed by atoms with Crippen molar-refractivity contribution in [2.75, 3.05) is 4.90 Å². The average molecular weight is 302 g/mol. The van der Waals surface area contributed by atoms with E-state index >= 15 is 0 Å². The second-order valence-corrected chi connectivity index (χ2v) is 6.61. The van der Waals surface area contributed by atoms with Crippen molar-refractivity contribution in [1.82, 2.24) is 4.98 Å². The lowest BCUT2D eigenvalue weighted by Crippen LogP contribution is -2.37. The molecule has 116 valence electrons. The first kappa shape index (κ1) is 15.3. The molecule has 0 spiro atoms. The molecule has 0 unspecified atom stereocenters. The minimum atomic E-state index is -0.0237. The predicted molar refractivity (Wildman–Crippen MR) is 98.0 cm³/mol. The van der Waals surface area contributed by atoms with Crippen molar-refractivity contribution in [2.24, 2.45) is 0 Å². The molecule has 1 aromatic heterocycles. The van der Waals surface area contributed by atoms with Gasteiger partial charge in [0.1, 0.15) is 0 Å². The van der Waals surface area contributed by atoms with Gasteiger partial charge in [0.25, 0.3) is 0 Å². The van der Waals surface area contributed by atoms with Gasteiger partial charge in [-0.3, -0.25) is 4.98 Å². The standard InChI is InChI=1S/C21H22N2/c1-21(2,3)23(18-11-5-4-6-12-18)19-13-9-10-17(16-19)20-14-7-8-15-22-20/h4-16H,1-3H3. The van der Waals surface area contributed by atoms with Crippen molar-refractivity contribution in [3.63, 3.8) is 0 Å². The fourth-order valence-electron chi connectivity index (χ4n) is 2.84. The Morgan fingerprint density at radius 1 is 0.739 bits per heavy atom. The lowest BCUT2D eigenvalue weighted by molar-refractivity contribution is 0.560. The molecule has 0 radical (unpaired) electrons. The fourth-order valence-corrected chi connectivity index (χ4v) is 2.84. The first-order valence-corrected chi connectivity index (χ1v) is 7.92. The average Bonchev–Trinajstić information content (AvgIpc) is 2.56. The largest absolute Gasteiger partial charge is 0.336 e. The molecule has 0 saturated heterocycles. The Bertz CT molecular complexity index is 759. The summed E-state index contributed by atoms with van der Waals surface area (Å²) in [6.07, 6.45) is 1.83. The molecule has 0 bridgehead atoms. The normalized spacial score (nSPS) is 11.3. The lowest BCUT2D eigenvalue weighted by Gasteiger charge is -2.38. The van der Waals surface area contributed by atoms with E-state index in [2.05, 4.69) is 85.3 Å². The highest BCUT2D eigenvalue weighted by atomic mass is 15.2. The van der Waals surface area contributed by atoms with Crippen LogP contribution in [0, 0.1) is 0 Å². The van der Waals surface area contributed by atoms with Crippen LogP contribution < -0.4 is 4.90 Å². The zero-order valence-corrected chi connectivity index (χ0v) is 13.9. The zero-order chi connectivity index (χ0) is 16.3. The number of hydrogen-bond acceptors (Lipinski definition) is 2. The number of para-hydroxylation sites is 1. The summed E-state index contributed by atoms with van der Waals surface area (Å²) < 4.78 is 0. The summed E-state index contributed by atoms with van der Waals surface area (Å²) in [5, 5.41) is 0. The summed E-state index contributed by atoms with van der Waals surface area (Å²) in [6, 6.07) is 25.1. The van der Waals surface area contributed by atoms with Crippen LogP contribution in [0.4, 0.5) is 11.4 Å². The van der Waals surface area contributed by atoms with Gasteiger partial charge in [-0.25, -0.2) is 0 Å². The minimum Gasteiger partial charge on any atom is -0.336 e. The third kappa shape index (κ3) is 3.42. The Labute approximate surface area is 138 Å². The van der Waals surface area contributed by atoms with Crippen LogP contribution in [-0.2, 0) is 0 Å². The molecule has 0 amide bonds. The highest BCUT2D eigenvalue weighted by Crippen LogP contribution is 2.34. The van der Waals surface area contributed by atoms with Gasteiger partial charge in [0.05, 0.1) is 5.69 Å². The van der Waals surface area contributed by atoms with Gasteiger partial charge in [0.2, 0.25) is 0 Å². The van der Waals surface area contributed by atoms with Gasteiger partial charge < -0.3 is 4.90 Å². The predicted octanol–water partition coefficient (Wildman–Crippen LogP) is 5.69. The van der Waals surface area contributed by atoms with Crippen LogP contribution in [0.15, 0.2) is 79.0 Å². The van der Waals surface area contributed by atoms with Crippen molar-refractivity contribution >= 4 is 11.4 Å². The topological polar surface area (TPSA) is 16.1 Å². The maximum absolute atomic E-state index is 4.47. The van der Waals surface area contributed by atoms with Crippen LogP contribution in [0.3, 0.4) is 0 Å². The number of benzene rings is 2. The molecular formula is C21H22N2. The van der Waals surface area contributed by atoms with Crippen LogP contribution in [0.25, 0.3) is 11.3 Å². The molecule has 0 fully saturated rings. The van der Waals surface area contributed by atoms with E-state index in [4.69, 9.17) is 0 Å². The Balaban J connectivity index is 2.08. The van der Waals surface area contributed by atoms with Gasteiger partial charge in [-0.1, -0.05) is 36.4 Å². The molecule has 0 aliphatic carbocycles. The van der Waals surface area contributed by atoms with Crippen LogP contribution in [0.5, 0.6) is 0 Å². The molecular weight excluding hydrogens is 280 g/mol. The highest BCUT2D eigenvalue weighted by Gasteiger charge is 2.23. The number of anilines is 2. The van der Waals surface area contributed by atoms with Gasteiger partial charge in [-0.05, 0) is 57.2 Å². The van der Waals surface area contributed by atoms with Gasteiger partial charge >= 0.3 is 0 Å². The highest BCUT2D eigenvalue weighted by molar-refractivity contribution is 5.71. The zero-order valence-electron chi connectivity index (χ0n) is 13.9.